The van der Waals surface area contributed by atoms with E-state index in [2.05, 4.69) is 31.8 Å². The Kier molecular flexibility index (Phi) is 6.39. The topological polar surface area (TPSA) is 134 Å². The van der Waals surface area contributed by atoms with Crippen LogP contribution in [-0.4, -0.2) is 34.6 Å². The predicted octanol–water partition coefficient (Wildman–Crippen LogP) is 1.94. The molecular weight excluding hydrogens is 408 g/mol. The molecule has 3 N–H and O–H groups in total. The molecule has 26 heavy (non-hydrogen) atoms. The average molecular weight is 421 g/mol. The van der Waals surface area contributed by atoms with Crippen LogP contribution in [0.1, 0.15) is 15.9 Å². The number of nitro groups is 1. The average Bonchev–Trinajstić information content (AvgIpc) is 2.60. The number of benzene rings is 2. The van der Waals surface area contributed by atoms with E-state index >= 15 is 0 Å². The first-order valence-electron chi connectivity index (χ1n) is 7.20. The molecule has 0 spiro atoms. The number of rotatable bonds is 6. The Hall–Kier alpha value is -3.27. The lowest BCUT2D eigenvalue weighted by atomic mass is 10.2. The first-order chi connectivity index (χ1) is 12.4. The Balaban J connectivity index is 1.87. The second-order valence-electron chi connectivity index (χ2n) is 4.99. The summed E-state index contributed by atoms with van der Waals surface area (Å²) in [4.78, 5) is 33.6. The van der Waals surface area contributed by atoms with Gasteiger partial charge in [0, 0.05) is 21.7 Å². The van der Waals surface area contributed by atoms with Crippen LogP contribution >= 0.6 is 15.9 Å². The van der Waals surface area contributed by atoms with Crippen molar-refractivity contribution < 1.29 is 19.6 Å². The van der Waals surface area contributed by atoms with E-state index < -0.39 is 28.2 Å². The molecule has 0 fully saturated rings. The van der Waals surface area contributed by atoms with Crippen molar-refractivity contribution in [1.29, 1.82) is 0 Å². The zero-order chi connectivity index (χ0) is 19.1. The smallest absolute Gasteiger partial charge is 0.311 e. The fourth-order valence-electron chi connectivity index (χ4n) is 1.88. The van der Waals surface area contributed by atoms with Crippen LogP contribution in [0.2, 0.25) is 0 Å². The highest BCUT2D eigenvalue weighted by Gasteiger charge is 2.13. The van der Waals surface area contributed by atoms with Gasteiger partial charge in [-0.3, -0.25) is 19.7 Å². The standard InChI is InChI=1S/C16H13BrN4O5/c17-12-3-1-2-11(7-12)16(24)18-9-15(23)20-19-8-10-4-5-14(22)13(6-10)21(25)26/h1-8,22H,9H2,(H,18,24)(H,20,23). The van der Waals surface area contributed by atoms with E-state index in [4.69, 9.17) is 0 Å². The van der Waals surface area contributed by atoms with Gasteiger partial charge in [-0.05, 0) is 30.3 Å². The zero-order valence-corrected chi connectivity index (χ0v) is 14.8. The number of phenols is 1. The number of hydrogen-bond acceptors (Lipinski definition) is 6. The Morgan fingerprint density at radius 2 is 2.04 bits per heavy atom. The van der Waals surface area contributed by atoms with Crippen LogP contribution in [0.15, 0.2) is 52.0 Å². The molecule has 10 heteroatoms. The molecule has 0 aliphatic heterocycles. The summed E-state index contributed by atoms with van der Waals surface area (Å²) in [5.74, 6) is -1.45. The molecule has 0 heterocycles. The molecule has 0 aromatic heterocycles. The lowest BCUT2D eigenvalue weighted by molar-refractivity contribution is -0.385. The first kappa shape index (κ1) is 19.1. The van der Waals surface area contributed by atoms with Gasteiger partial charge in [0.15, 0.2) is 5.75 Å². The van der Waals surface area contributed by atoms with Gasteiger partial charge in [0.2, 0.25) is 0 Å². The van der Waals surface area contributed by atoms with Crippen molar-refractivity contribution in [2.45, 2.75) is 0 Å². The van der Waals surface area contributed by atoms with E-state index in [9.17, 15) is 24.8 Å². The summed E-state index contributed by atoms with van der Waals surface area (Å²) in [5.41, 5.74) is 2.42. The fourth-order valence-corrected chi connectivity index (χ4v) is 2.28. The molecule has 134 valence electrons. The third-order valence-corrected chi connectivity index (χ3v) is 3.59. The number of carbonyl (C=O) groups excluding carboxylic acids is 2. The van der Waals surface area contributed by atoms with E-state index in [-0.39, 0.29) is 6.54 Å². The Morgan fingerprint density at radius 1 is 1.27 bits per heavy atom. The maximum atomic E-state index is 11.9. The normalized spacial score (nSPS) is 10.5. The minimum atomic E-state index is -0.733. The summed E-state index contributed by atoms with van der Waals surface area (Å²) >= 11 is 3.25. The maximum absolute atomic E-state index is 11.9. The third-order valence-electron chi connectivity index (χ3n) is 3.10. The number of phenolic OH excluding ortho intramolecular Hbond substituents is 1. The second-order valence-corrected chi connectivity index (χ2v) is 5.91. The van der Waals surface area contributed by atoms with Crippen LogP contribution in [0.25, 0.3) is 0 Å². The minimum Gasteiger partial charge on any atom is -0.502 e. The predicted molar refractivity (Wildman–Crippen MR) is 97.0 cm³/mol. The van der Waals surface area contributed by atoms with Crippen LogP contribution in [0.5, 0.6) is 5.75 Å². The summed E-state index contributed by atoms with van der Waals surface area (Å²) in [6, 6.07) is 10.3. The number of aromatic hydroxyl groups is 1. The van der Waals surface area contributed by atoms with E-state index in [1.165, 1.54) is 12.3 Å². The number of nitrogens with one attached hydrogen (secondary N) is 2. The van der Waals surface area contributed by atoms with Gasteiger partial charge in [-0.2, -0.15) is 5.10 Å². The molecule has 9 nitrogen and oxygen atoms in total. The number of amides is 2. The van der Waals surface area contributed by atoms with Crippen LogP contribution in [0.4, 0.5) is 5.69 Å². The molecule has 2 aromatic rings. The van der Waals surface area contributed by atoms with E-state index in [0.29, 0.717) is 11.1 Å². The Bertz CT molecular complexity index is 885. The first-order valence-corrected chi connectivity index (χ1v) is 7.99. The quantitative estimate of drug-likeness (QED) is 0.372. The van der Waals surface area contributed by atoms with Crippen molar-refractivity contribution in [3.05, 3.63) is 68.2 Å². The van der Waals surface area contributed by atoms with Gasteiger partial charge in [0.05, 0.1) is 17.7 Å². The summed E-state index contributed by atoms with van der Waals surface area (Å²) < 4.78 is 0.738. The number of carbonyl (C=O) groups is 2. The highest BCUT2D eigenvalue weighted by molar-refractivity contribution is 9.10. The summed E-state index contributed by atoms with van der Waals surface area (Å²) in [6.07, 6.45) is 1.18. The van der Waals surface area contributed by atoms with Crippen molar-refractivity contribution in [1.82, 2.24) is 10.7 Å². The highest BCUT2D eigenvalue weighted by Crippen LogP contribution is 2.25. The molecule has 0 unspecified atom stereocenters. The van der Waals surface area contributed by atoms with Gasteiger partial charge in [0.1, 0.15) is 0 Å². The molecule has 2 aromatic carbocycles. The SMILES string of the molecule is O=C(CNC(=O)c1cccc(Br)c1)NN=Cc1ccc(O)c([N+](=O)[O-])c1. The fraction of sp³-hybridized carbons (Fsp3) is 0.0625. The molecular formula is C16H13BrN4O5. The summed E-state index contributed by atoms with van der Waals surface area (Å²) in [5, 5.41) is 26.2. The lowest BCUT2D eigenvalue weighted by Gasteiger charge is -2.04. The van der Waals surface area contributed by atoms with E-state index in [0.717, 1.165) is 16.6 Å². The molecule has 0 radical (unpaired) electrons. The van der Waals surface area contributed by atoms with Gasteiger partial charge < -0.3 is 10.4 Å². The third kappa shape index (κ3) is 5.38. The molecule has 0 saturated carbocycles. The number of halogens is 1. The number of hydrogen-bond donors (Lipinski definition) is 3. The molecule has 0 saturated heterocycles. The molecule has 2 amide bonds. The van der Waals surface area contributed by atoms with Crippen molar-refractivity contribution in [2.75, 3.05) is 6.54 Å². The molecule has 2 rings (SSSR count). The summed E-state index contributed by atoms with van der Waals surface area (Å²) in [7, 11) is 0. The number of nitrogens with zero attached hydrogens (tertiary/aromatic N) is 2. The lowest BCUT2D eigenvalue weighted by Crippen LogP contribution is -2.34. The van der Waals surface area contributed by atoms with Crippen LogP contribution in [0.3, 0.4) is 0 Å². The van der Waals surface area contributed by atoms with Crippen molar-refractivity contribution in [2.24, 2.45) is 5.10 Å². The Labute approximate surface area is 156 Å². The summed E-state index contributed by atoms with van der Waals surface area (Å²) in [6.45, 7) is -0.293. The van der Waals surface area contributed by atoms with Crippen molar-refractivity contribution in [3.63, 3.8) is 0 Å². The maximum Gasteiger partial charge on any atom is 0.311 e. The van der Waals surface area contributed by atoms with Crippen LogP contribution < -0.4 is 10.7 Å². The monoisotopic (exact) mass is 420 g/mol. The van der Waals surface area contributed by atoms with Crippen LogP contribution in [-0.2, 0) is 4.79 Å². The largest absolute Gasteiger partial charge is 0.502 e. The van der Waals surface area contributed by atoms with Crippen LogP contribution in [0, 0.1) is 10.1 Å². The van der Waals surface area contributed by atoms with Gasteiger partial charge in [0.25, 0.3) is 11.8 Å². The van der Waals surface area contributed by atoms with Gasteiger partial charge in [-0.25, -0.2) is 5.43 Å². The Morgan fingerprint density at radius 3 is 2.73 bits per heavy atom. The second kappa shape index (κ2) is 8.72. The number of hydrazone groups is 1. The zero-order valence-electron chi connectivity index (χ0n) is 13.2. The van der Waals surface area contributed by atoms with Gasteiger partial charge in [-0.1, -0.05) is 22.0 Å². The van der Waals surface area contributed by atoms with E-state index in [1.807, 2.05) is 0 Å². The van der Waals surface area contributed by atoms with Gasteiger partial charge in [-0.15, -0.1) is 0 Å². The van der Waals surface area contributed by atoms with Crippen molar-refractivity contribution in [3.8, 4) is 5.75 Å². The molecule has 0 aliphatic carbocycles. The molecule has 0 bridgehead atoms. The van der Waals surface area contributed by atoms with Gasteiger partial charge >= 0.3 is 5.69 Å². The highest BCUT2D eigenvalue weighted by atomic mass is 79.9. The number of nitro benzene ring substituents is 1. The minimum absolute atomic E-state index is 0.293. The van der Waals surface area contributed by atoms with E-state index in [1.54, 1.807) is 24.3 Å². The molecule has 0 atom stereocenters. The molecule has 0 aliphatic rings. The van der Waals surface area contributed by atoms with Crippen molar-refractivity contribution >= 4 is 39.6 Å².